The van der Waals surface area contributed by atoms with Gasteiger partial charge < -0.3 is 10.6 Å². The first-order valence-corrected chi connectivity index (χ1v) is 7.85. The Balaban J connectivity index is 2.04. The molecule has 0 aliphatic carbocycles. The molecule has 0 aliphatic rings. The Hall–Kier alpha value is -2.29. The molecule has 0 spiro atoms. The van der Waals surface area contributed by atoms with Gasteiger partial charge in [-0.15, -0.1) is 0 Å². The maximum absolute atomic E-state index is 12.2. The highest BCUT2D eigenvalue weighted by atomic mass is 16.1. The predicted octanol–water partition coefficient (Wildman–Crippen LogP) is 4.17. The summed E-state index contributed by atoms with van der Waals surface area (Å²) in [4.78, 5) is 12.2. The smallest absolute Gasteiger partial charge is 0.243 e. The highest BCUT2D eigenvalue weighted by Crippen LogP contribution is 2.22. The Morgan fingerprint density at radius 1 is 0.955 bits per heavy atom. The predicted molar refractivity (Wildman–Crippen MR) is 93.5 cm³/mol. The van der Waals surface area contributed by atoms with Crippen LogP contribution in [0.15, 0.2) is 42.5 Å². The van der Waals surface area contributed by atoms with Gasteiger partial charge in [0.1, 0.15) is 0 Å². The summed E-state index contributed by atoms with van der Waals surface area (Å²) in [6.45, 7) is 6.53. The van der Waals surface area contributed by atoms with E-state index in [1.807, 2.05) is 31.2 Å². The summed E-state index contributed by atoms with van der Waals surface area (Å²) in [5.74, 6) is -0.0257. The number of carbonyl (C=O) groups is 1. The summed E-state index contributed by atoms with van der Waals surface area (Å²) < 4.78 is 0. The minimum Gasteiger partial charge on any atom is -0.376 e. The minimum absolute atomic E-state index is 0.0257. The van der Waals surface area contributed by atoms with Crippen LogP contribution in [0.25, 0.3) is 0 Å². The van der Waals surface area contributed by atoms with Crippen molar-refractivity contribution >= 4 is 17.3 Å². The highest BCUT2D eigenvalue weighted by Gasteiger charge is 2.09. The van der Waals surface area contributed by atoms with E-state index in [9.17, 15) is 4.79 Å². The zero-order valence-corrected chi connectivity index (χ0v) is 13.6. The Morgan fingerprint density at radius 3 is 2.18 bits per heavy atom. The molecule has 116 valence electrons. The van der Waals surface area contributed by atoms with Crippen molar-refractivity contribution < 1.29 is 4.79 Å². The van der Waals surface area contributed by atoms with Crippen molar-refractivity contribution in [3.63, 3.8) is 0 Å². The molecule has 22 heavy (non-hydrogen) atoms. The van der Waals surface area contributed by atoms with Crippen molar-refractivity contribution in [1.29, 1.82) is 0 Å². The first-order chi connectivity index (χ1) is 10.7. The van der Waals surface area contributed by atoms with Crippen LogP contribution in [0.1, 0.15) is 30.5 Å². The van der Waals surface area contributed by atoms with E-state index in [1.165, 1.54) is 11.1 Å². The van der Waals surface area contributed by atoms with Gasteiger partial charge in [0.15, 0.2) is 0 Å². The van der Waals surface area contributed by atoms with Gasteiger partial charge in [-0.3, -0.25) is 4.79 Å². The van der Waals surface area contributed by atoms with E-state index in [1.54, 1.807) is 0 Å². The van der Waals surface area contributed by atoms with Crippen molar-refractivity contribution in [3.05, 3.63) is 59.2 Å². The first-order valence-electron chi connectivity index (χ1n) is 7.85. The number of anilines is 2. The molecule has 0 atom stereocenters. The fourth-order valence-electron chi connectivity index (χ4n) is 2.55. The monoisotopic (exact) mass is 296 g/mol. The van der Waals surface area contributed by atoms with Gasteiger partial charge in [0.05, 0.1) is 6.54 Å². The molecule has 0 radical (unpaired) electrons. The van der Waals surface area contributed by atoms with E-state index in [-0.39, 0.29) is 12.5 Å². The fraction of sp³-hybridized carbons (Fsp3) is 0.316. The average molecular weight is 296 g/mol. The normalized spacial score (nSPS) is 10.3. The molecule has 2 rings (SSSR count). The SMILES string of the molecule is CCc1cccc(CC)c1NCC(=O)Nc1ccccc1C. The molecule has 0 saturated heterocycles. The third kappa shape index (κ3) is 3.88. The van der Waals surface area contributed by atoms with Gasteiger partial charge >= 0.3 is 0 Å². The minimum atomic E-state index is -0.0257. The van der Waals surface area contributed by atoms with Crippen LogP contribution in [-0.2, 0) is 17.6 Å². The van der Waals surface area contributed by atoms with Crippen LogP contribution in [0.3, 0.4) is 0 Å². The molecule has 0 aliphatic heterocycles. The molecule has 0 unspecified atom stereocenters. The number of benzene rings is 2. The maximum Gasteiger partial charge on any atom is 0.243 e. The molecule has 2 aromatic carbocycles. The lowest BCUT2D eigenvalue weighted by Gasteiger charge is -2.15. The molecular formula is C19H24N2O. The average Bonchev–Trinajstić information content (AvgIpc) is 2.54. The summed E-state index contributed by atoms with van der Waals surface area (Å²) in [5.41, 5.74) is 5.55. The second-order valence-corrected chi connectivity index (χ2v) is 5.38. The number of aryl methyl sites for hydroxylation is 3. The lowest BCUT2D eigenvalue weighted by Crippen LogP contribution is -2.23. The van der Waals surface area contributed by atoms with Crippen LogP contribution in [0, 0.1) is 6.92 Å². The number of hydrogen-bond donors (Lipinski definition) is 2. The Bertz CT molecular complexity index is 627. The van der Waals surface area contributed by atoms with Gasteiger partial charge in [-0.05, 0) is 42.5 Å². The van der Waals surface area contributed by atoms with Gasteiger partial charge in [-0.25, -0.2) is 0 Å². The van der Waals surface area contributed by atoms with Gasteiger partial charge in [-0.1, -0.05) is 50.2 Å². The maximum atomic E-state index is 12.2. The van der Waals surface area contributed by atoms with Gasteiger partial charge in [0, 0.05) is 11.4 Å². The van der Waals surface area contributed by atoms with Crippen LogP contribution in [0.2, 0.25) is 0 Å². The van der Waals surface area contributed by atoms with E-state index in [2.05, 4.69) is 42.7 Å². The number of amides is 1. The quantitative estimate of drug-likeness (QED) is 0.840. The third-order valence-corrected chi connectivity index (χ3v) is 3.84. The van der Waals surface area contributed by atoms with E-state index in [4.69, 9.17) is 0 Å². The van der Waals surface area contributed by atoms with Crippen LogP contribution in [0.4, 0.5) is 11.4 Å². The van der Waals surface area contributed by atoms with E-state index >= 15 is 0 Å². The molecular weight excluding hydrogens is 272 g/mol. The van der Waals surface area contributed by atoms with Crippen LogP contribution in [-0.4, -0.2) is 12.5 Å². The van der Waals surface area contributed by atoms with Gasteiger partial charge in [0.25, 0.3) is 0 Å². The number of nitrogens with one attached hydrogen (secondary N) is 2. The number of rotatable bonds is 6. The lowest BCUT2D eigenvalue weighted by atomic mass is 10.0. The van der Waals surface area contributed by atoms with Crippen LogP contribution in [0.5, 0.6) is 0 Å². The Morgan fingerprint density at radius 2 is 1.59 bits per heavy atom. The van der Waals surface area contributed by atoms with Crippen molar-refractivity contribution in [2.24, 2.45) is 0 Å². The van der Waals surface area contributed by atoms with Crippen molar-refractivity contribution in [2.75, 3.05) is 17.2 Å². The zero-order valence-electron chi connectivity index (χ0n) is 13.6. The standard InChI is InChI=1S/C19H24N2O/c1-4-15-10-8-11-16(5-2)19(15)20-13-18(22)21-17-12-7-6-9-14(17)3/h6-12,20H,4-5,13H2,1-3H3,(H,21,22). The topological polar surface area (TPSA) is 41.1 Å². The number of para-hydroxylation sites is 2. The van der Waals surface area contributed by atoms with Gasteiger partial charge in [0.2, 0.25) is 5.91 Å². The molecule has 3 heteroatoms. The number of hydrogen-bond acceptors (Lipinski definition) is 2. The summed E-state index contributed by atoms with van der Waals surface area (Å²) in [6.07, 6.45) is 1.91. The summed E-state index contributed by atoms with van der Waals surface area (Å²) >= 11 is 0. The molecule has 2 N–H and O–H groups in total. The molecule has 0 saturated carbocycles. The molecule has 0 fully saturated rings. The molecule has 1 amide bonds. The van der Waals surface area contributed by atoms with Crippen LogP contribution >= 0.6 is 0 Å². The Labute approximate surface area is 132 Å². The number of carbonyl (C=O) groups excluding carboxylic acids is 1. The summed E-state index contributed by atoms with van der Waals surface area (Å²) in [5, 5.41) is 6.27. The lowest BCUT2D eigenvalue weighted by molar-refractivity contribution is -0.114. The largest absolute Gasteiger partial charge is 0.376 e. The summed E-state index contributed by atoms with van der Waals surface area (Å²) in [7, 11) is 0. The zero-order chi connectivity index (χ0) is 15.9. The van der Waals surface area contributed by atoms with Crippen molar-refractivity contribution in [3.8, 4) is 0 Å². The highest BCUT2D eigenvalue weighted by molar-refractivity contribution is 5.94. The third-order valence-electron chi connectivity index (χ3n) is 3.84. The summed E-state index contributed by atoms with van der Waals surface area (Å²) in [6, 6.07) is 14.1. The molecule has 2 aromatic rings. The first kappa shape index (κ1) is 16.1. The second-order valence-electron chi connectivity index (χ2n) is 5.38. The van der Waals surface area contributed by atoms with E-state index < -0.39 is 0 Å². The van der Waals surface area contributed by atoms with E-state index in [0.717, 1.165) is 29.8 Å². The second kappa shape index (κ2) is 7.64. The molecule has 0 aromatic heterocycles. The Kier molecular flexibility index (Phi) is 5.59. The van der Waals surface area contributed by atoms with Crippen LogP contribution < -0.4 is 10.6 Å². The van der Waals surface area contributed by atoms with E-state index in [0.29, 0.717) is 0 Å². The molecule has 0 bridgehead atoms. The molecule has 3 nitrogen and oxygen atoms in total. The van der Waals surface area contributed by atoms with Gasteiger partial charge in [-0.2, -0.15) is 0 Å². The fourth-order valence-corrected chi connectivity index (χ4v) is 2.55. The van der Waals surface area contributed by atoms with Crippen molar-refractivity contribution in [2.45, 2.75) is 33.6 Å². The van der Waals surface area contributed by atoms with Crippen molar-refractivity contribution in [1.82, 2.24) is 0 Å². The molecule has 0 heterocycles.